The molecule has 1 spiro atoms. The van der Waals surface area contributed by atoms with E-state index in [9.17, 15) is 0 Å². The number of aryl methyl sites for hydroxylation is 1. The average Bonchev–Trinajstić information content (AvgIpc) is 3.04. The third-order valence-corrected chi connectivity index (χ3v) is 6.82. The Bertz CT molecular complexity index is 705. The van der Waals surface area contributed by atoms with E-state index in [0.717, 1.165) is 37.8 Å². The van der Waals surface area contributed by atoms with Crippen LogP contribution in [0.1, 0.15) is 43.7 Å². The van der Waals surface area contributed by atoms with Gasteiger partial charge in [0, 0.05) is 37.1 Å². The molecule has 1 aromatic carbocycles. The maximum absolute atomic E-state index is 6.04. The number of fused-ring (bicyclic) bond motifs is 2. The lowest BCUT2D eigenvalue weighted by atomic mass is 9.46. The first-order valence-electron chi connectivity index (χ1n) is 10.5. The van der Waals surface area contributed by atoms with E-state index in [1.165, 1.54) is 36.8 Å². The van der Waals surface area contributed by atoms with Gasteiger partial charge in [0.25, 0.3) is 0 Å². The number of aliphatic imine (C=N–C) groups is 1. The molecule has 2 aliphatic carbocycles. The number of methoxy groups -OCH3 is 1. The topological polar surface area (TPSA) is 54.9 Å². The highest BCUT2D eigenvalue weighted by atomic mass is 127. The summed E-state index contributed by atoms with van der Waals surface area (Å²) in [6, 6.07) is 6.94. The second-order valence-electron chi connectivity index (χ2n) is 8.27. The average molecular weight is 499 g/mol. The highest BCUT2D eigenvalue weighted by molar-refractivity contribution is 14.0. The third-order valence-electron chi connectivity index (χ3n) is 6.82. The van der Waals surface area contributed by atoms with Crippen LogP contribution in [0.5, 0.6) is 5.75 Å². The summed E-state index contributed by atoms with van der Waals surface area (Å²) in [6.45, 7) is 6.78. The molecule has 0 amide bonds. The van der Waals surface area contributed by atoms with Gasteiger partial charge in [0.15, 0.2) is 5.96 Å². The molecule has 6 heteroatoms. The van der Waals surface area contributed by atoms with Gasteiger partial charge in [-0.1, -0.05) is 18.6 Å². The van der Waals surface area contributed by atoms with E-state index in [1.54, 1.807) is 7.11 Å². The van der Waals surface area contributed by atoms with Crippen molar-refractivity contribution in [2.75, 3.05) is 26.8 Å². The van der Waals surface area contributed by atoms with Gasteiger partial charge in [0.1, 0.15) is 5.75 Å². The van der Waals surface area contributed by atoms with E-state index in [0.29, 0.717) is 23.5 Å². The lowest BCUT2D eigenvalue weighted by Gasteiger charge is -2.63. The number of guanidine groups is 1. The van der Waals surface area contributed by atoms with Crippen molar-refractivity contribution >= 4 is 29.9 Å². The summed E-state index contributed by atoms with van der Waals surface area (Å²) in [7, 11) is 1.73. The molecule has 5 nitrogen and oxygen atoms in total. The van der Waals surface area contributed by atoms with Gasteiger partial charge in [-0.15, -0.1) is 24.0 Å². The van der Waals surface area contributed by atoms with E-state index in [-0.39, 0.29) is 24.0 Å². The van der Waals surface area contributed by atoms with Crippen LogP contribution in [0.4, 0.5) is 0 Å². The number of nitrogens with zero attached hydrogens (tertiary/aromatic N) is 1. The molecule has 1 heterocycles. The Morgan fingerprint density at radius 1 is 1.36 bits per heavy atom. The van der Waals surface area contributed by atoms with Crippen molar-refractivity contribution in [3.05, 3.63) is 29.3 Å². The smallest absolute Gasteiger partial charge is 0.191 e. The summed E-state index contributed by atoms with van der Waals surface area (Å²) in [5.74, 6) is 2.57. The first-order chi connectivity index (χ1) is 13.2. The Hall–Kier alpha value is -1.02. The third kappa shape index (κ3) is 3.86. The second kappa shape index (κ2) is 9.20. The SMILES string of the molecule is CCNC(=NCCc1ccc(C)c(OC)c1)NC1C2CCOC2C12CCC2.I. The predicted octanol–water partition coefficient (Wildman–Crippen LogP) is 3.68. The number of halogens is 1. The molecule has 156 valence electrons. The molecule has 0 aromatic heterocycles. The first kappa shape index (κ1) is 21.7. The number of hydrogen-bond donors (Lipinski definition) is 2. The van der Waals surface area contributed by atoms with Crippen LogP contribution in [-0.2, 0) is 11.2 Å². The largest absolute Gasteiger partial charge is 0.496 e. The Morgan fingerprint density at radius 3 is 2.86 bits per heavy atom. The number of rotatable bonds is 6. The highest BCUT2D eigenvalue weighted by Gasteiger charge is 2.66. The van der Waals surface area contributed by atoms with Crippen molar-refractivity contribution in [2.45, 2.75) is 58.1 Å². The fourth-order valence-corrected chi connectivity index (χ4v) is 5.24. The number of nitrogens with one attached hydrogen (secondary N) is 2. The van der Waals surface area contributed by atoms with Crippen LogP contribution in [0.15, 0.2) is 23.2 Å². The van der Waals surface area contributed by atoms with Gasteiger partial charge >= 0.3 is 0 Å². The normalized spacial score (nSPS) is 27.2. The molecule has 3 aliphatic rings. The Labute approximate surface area is 186 Å². The Kier molecular flexibility index (Phi) is 7.12. The van der Waals surface area contributed by atoms with Crippen LogP contribution in [0.2, 0.25) is 0 Å². The zero-order chi connectivity index (χ0) is 18.9. The van der Waals surface area contributed by atoms with Crippen LogP contribution >= 0.6 is 24.0 Å². The first-order valence-corrected chi connectivity index (χ1v) is 10.5. The van der Waals surface area contributed by atoms with Crippen molar-refractivity contribution in [3.8, 4) is 5.75 Å². The van der Waals surface area contributed by atoms with Crippen LogP contribution < -0.4 is 15.4 Å². The van der Waals surface area contributed by atoms with E-state index in [2.05, 4.69) is 42.7 Å². The molecule has 4 rings (SSSR count). The molecule has 2 N–H and O–H groups in total. The molecular weight excluding hydrogens is 465 g/mol. The molecule has 2 saturated carbocycles. The standard InChI is InChI=1S/C22H33N3O2.HI/c1-4-23-21(24-12-8-16-7-6-15(2)18(14-16)26-3)25-19-17-9-13-27-20(17)22(19)10-5-11-22;/h6-7,14,17,19-20H,4-5,8-13H2,1-3H3,(H2,23,24,25);1H. The van der Waals surface area contributed by atoms with E-state index < -0.39 is 0 Å². The summed E-state index contributed by atoms with van der Waals surface area (Å²) in [4.78, 5) is 4.86. The molecule has 1 aliphatic heterocycles. The molecule has 28 heavy (non-hydrogen) atoms. The molecule has 0 bridgehead atoms. The van der Waals surface area contributed by atoms with Crippen molar-refractivity contribution in [2.24, 2.45) is 16.3 Å². The molecule has 0 radical (unpaired) electrons. The minimum atomic E-state index is 0. The Balaban J connectivity index is 0.00000225. The van der Waals surface area contributed by atoms with Gasteiger partial charge in [-0.3, -0.25) is 4.99 Å². The van der Waals surface area contributed by atoms with Crippen LogP contribution in [0.3, 0.4) is 0 Å². The summed E-state index contributed by atoms with van der Waals surface area (Å²) < 4.78 is 11.5. The quantitative estimate of drug-likeness (QED) is 0.356. The summed E-state index contributed by atoms with van der Waals surface area (Å²) in [5, 5.41) is 7.21. The summed E-state index contributed by atoms with van der Waals surface area (Å²) in [5.41, 5.74) is 2.81. The zero-order valence-corrected chi connectivity index (χ0v) is 19.6. The monoisotopic (exact) mass is 499 g/mol. The van der Waals surface area contributed by atoms with Gasteiger partial charge in [-0.25, -0.2) is 0 Å². The fraction of sp³-hybridized carbons (Fsp3) is 0.682. The number of ether oxygens (including phenoxy) is 2. The van der Waals surface area contributed by atoms with Crippen molar-refractivity contribution in [1.29, 1.82) is 0 Å². The van der Waals surface area contributed by atoms with Crippen molar-refractivity contribution < 1.29 is 9.47 Å². The second-order valence-corrected chi connectivity index (χ2v) is 8.27. The van der Waals surface area contributed by atoms with Gasteiger partial charge in [-0.05, 0) is 56.7 Å². The number of hydrogen-bond acceptors (Lipinski definition) is 3. The maximum Gasteiger partial charge on any atom is 0.191 e. The maximum atomic E-state index is 6.04. The Morgan fingerprint density at radius 2 is 2.18 bits per heavy atom. The minimum Gasteiger partial charge on any atom is -0.496 e. The summed E-state index contributed by atoms with van der Waals surface area (Å²) >= 11 is 0. The molecule has 3 atom stereocenters. The molecule has 3 fully saturated rings. The van der Waals surface area contributed by atoms with Crippen LogP contribution in [0, 0.1) is 18.3 Å². The van der Waals surface area contributed by atoms with Gasteiger partial charge in [0.05, 0.1) is 13.2 Å². The molecule has 1 saturated heterocycles. The predicted molar refractivity (Wildman–Crippen MR) is 124 cm³/mol. The fourth-order valence-electron chi connectivity index (χ4n) is 5.24. The van der Waals surface area contributed by atoms with E-state index in [4.69, 9.17) is 14.5 Å². The van der Waals surface area contributed by atoms with Crippen LogP contribution in [0.25, 0.3) is 0 Å². The molecule has 3 unspecified atom stereocenters. The number of benzene rings is 1. The zero-order valence-electron chi connectivity index (χ0n) is 17.3. The highest BCUT2D eigenvalue weighted by Crippen LogP contribution is 2.62. The van der Waals surface area contributed by atoms with E-state index in [1.807, 2.05) is 0 Å². The summed E-state index contributed by atoms with van der Waals surface area (Å²) in [6.07, 6.45) is 6.54. The minimum absolute atomic E-state index is 0. The van der Waals surface area contributed by atoms with Gasteiger partial charge in [0.2, 0.25) is 0 Å². The van der Waals surface area contributed by atoms with Crippen LogP contribution in [-0.4, -0.2) is 44.9 Å². The van der Waals surface area contributed by atoms with Crippen molar-refractivity contribution in [1.82, 2.24) is 10.6 Å². The van der Waals surface area contributed by atoms with E-state index >= 15 is 0 Å². The molecule has 1 aromatic rings. The van der Waals surface area contributed by atoms with Gasteiger partial charge in [-0.2, -0.15) is 0 Å². The lowest BCUT2D eigenvalue weighted by Crippen LogP contribution is -2.72. The van der Waals surface area contributed by atoms with Crippen molar-refractivity contribution in [3.63, 3.8) is 0 Å². The lowest BCUT2D eigenvalue weighted by molar-refractivity contribution is -0.171. The van der Waals surface area contributed by atoms with Gasteiger partial charge < -0.3 is 20.1 Å². The molecular formula is C22H34IN3O2.